The molecular weight excluding hydrogens is 174 g/mol. The zero-order chi connectivity index (χ0) is 9.97. The van der Waals surface area contributed by atoms with Crippen LogP contribution in [0, 0.1) is 5.92 Å². The summed E-state index contributed by atoms with van der Waals surface area (Å²) in [5, 5.41) is 7.82. The predicted molar refractivity (Wildman–Crippen MR) is 56.9 cm³/mol. The van der Waals surface area contributed by atoms with Crippen molar-refractivity contribution in [3.05, 3.63) is 18.0 Å². The Balaban J connectivity index is 1.78. The molecule has 0 radical (unpaired) electrons. The molecule has 0 saturated heterocycles. The van der Waals surface area contributed by atoms with Gasteiger partial charge in [0.25, 0.3) is 0 Å². The van der Waals surface area contributed by atoms with E-state index in [1.807, 2.05) is 10.9 Å². The van der Waals surface area contributed by atoms with Gasteiger partial charge in [-0.15, -0.1) is 0 Å². The minimum absolute atomic E-state index is 0.754. The molecule has 14 heavy (non-hydrogen) atoms. The van der Waals surface area contributed by atoms with Gasteiger partial charge in [0, 0.05) is 30.9 Å². The molecule has 1 aliphatic carbocycles. The minimum Gasteiger partial charge on any atom is -0.310 e. The topological polar surface area (TPSA) is 29.9 Å². The Bertz CT molecular complexity index is 292. The molecule has 2 rings (SSSR count). The van der Waals surface area contributed by atoms with Gasteiger partial charge in [0.1, 0.15) is 0 Å². The van der Waals surface area contributed by atoms with Gasteiger partial charge in [0.2, 0.25) is 0 Å². The zero-order valence-electron chi connectivity index (χ0n) is 9.03. The second-order valence-corrected chi connectivity index (χ2v) is 4.31. The van der Waals surface area contributed by atoms with Crippen LogP contribution in [0.2, 0.25) is 0 Å². The lowest BCUT2D eigenvalue weighted by atomic mass is 10.3. The second-order valence-electron chi connectivity index (χ2n) is 4.31. The molecule has 0 bridgehead atoms. The molecule has 0 spiro atoms. The van der Waals surface area contributed by atoms with E-state index in [-0.39, 0.29) is 0 Å². The quantitative estimate of drug-likeness (QED) is 0.772. The molecule has 3 nitrogen and oxygen atoms in total. The summed E-state index contributed by atoms with van der Waals surface area (Å²) >= 11 is 0. The van der Waals surface area contributed by atoms with Crippen LogP contribution in [-0.2, 0) is 13.1 Å². The lowest BCUT2D eigenvalue weighted by molar-refractivity contribution is 0.600. The van der Waals surface area contributed by atoms with E-state index in [9.17, 15) is 0 Å². The average molecular weight is 193 g/mol. The minimum atomic E-state index is 0.754. The lowest BCUT2D eigenvalue weighted by Crippen LogP contribution is -2.16. The van der Waals surface area contributed by atoms with E-state index < -0.39 is 0 Å². The molecule has 1 fully saturated rings. The second kappa shape index (κ2) is 4.13. The summed E-state index contributed by atoms with van der Waals surface area (Å²) in [4.78, 5) is 0. The highest BCUT2D eigenvalue weighted by Gasteiger charge is 2.31. The Hall–Kier alpha value is -0.830. The molecule has 2 unspecified atom stereocenters. The van der Waals surface area contributed by atoms with Crippen LogP contribution in [0.15, 0.2) is 12.4 Å². The van der Waals surface area contributed by atoms with Gasteiger partial charge in [-0.1, -0.05) is 13.8 Å². The fraction of sp³-hybridized carbons (Fsp3) is 0.727. The Morgan fingerprint density at radius 2 is 2.43 bits per heavy atom. The van der Waals surface area contributed by atoms with Gasteiger partial charge in [-0.2, -0.15) is 5.10 Å². The van der Waals surface area contributed by atoms with E-state index in [0.29, 0.717) is 0 Å². The van der Waals surface area contributed by atoms with Crippen LogP contribution in [-0.4, -0.2) is 15.8 Å². The van der Waals surface area contributed by atoms with Crippen LogP contribution in [0.4, 0.5) is 0 Å². The third kappa shape index (κ3) is 2.35. The summed E-state index contributed by atoms with van der Waals surface area (Å²) in [7, 11) is 0. The van der Waals surface area contributed by atoms with E-state index in [4.69, 9.17) is 0 Å². The SMILES string of the molecule is CCCn1cc(CNC2CC2C)cn1. The highest BCUT2D eigenvalue weighted by atomic mass is 15.3. The molecule has 1 saturated carbocycles. The fourth-order valence-electron chi connectivity index (χ4n) is 1.70. The van der Waals surface area contributed by atoms with Gasteiger partial charge in [-0.3, -0.25) is 4.68 Å². The van der Waals surface area contributed by atoms with Crippen molar-refractivity contribution in [3.8, 4) is 0 Å². The van der Waals surface area contributed by atoms with Crippen molar-refractivity contribution in [1.29, 1.82) is 0 Å². The largest absolute Gasteiger partial charge is 0.310 e. The number of aromatic nitrogens is 2. The maximum absolute atomic E-state index is 4.30. The lowest BCUT2D eigenvalue weighted by Gasteiger charge is -1.99. The molecule has 1 aliphatic rings. The van der Waals surface area contributed by atoms with Gasteiger partial charge in [0.05, 0.1) is 6.20 Å². The summed E-state index contributed by atoms with van der Waals surface area (Å²) in [5.41, 5.74) is 1.30. The normalized spacial score (nSPS) is 25.3. The van der Waals surface area contributed by atoms with Crippen molar-refractivity contribution in [2.24, 2.45) is 5.92 Å². The maximum Gasteiger partial charge on any atom is 0.0534 e. The molecule has 78 valence electrons. The van der Waals surface area contributed by atoms with E-state index >= 15 is 0 Å². The number of hydrogen-bond donors (Lipinski definition) is 1. The molecule has 0 amide bonds. The van der Waals surface area contributed by atoms with Crippen LogP contribution in [0.25, 0.3) is 0 Å². The third-order valence-corrected chi connectivity index (χ3v) is 2.82. The van der Waals surface area contributed by atoms with Crippen molar-refractivity contribution in [3.63, 3.8) is 0 Å². The molecule has 1 aromatic rings. The van der Waals surface area contributed by atoms with Crippen LogP contribution in [0.5, 0.6) is 0 Å². The molecule has 0 aliphatic heterocycles. The van der Waals surface area contributed by atoms with Crippen LogP contribution in [0.3, 0.4) is 0 Å². The number of aryl methyl sites for hydroxylation is 1. The number of nitrogens with one attached hydrogen (secondary N) is 1. The highest BCUT2D eigenvalue weighted by molar-refractivity contribution is 5.04. The van der Waals surface area contributed by atoms with E-state index in [1.165, 1.54) is 12.0 Å². The Kier molecular flexibility index (Phi) is 2.87. The van der Waals surface area contributed by atoms with E-state index in [0.717, 1.165) is 31.5 Å². The first kappa shape index (κ1) is 9.71. The van der Waals surface area contributed by atoms with Crippen molar-refractivity contribution in [2.45, 2.75) is 45.8 Å². The number of rotatable bonds is 5. The van der Waals surface area contributed by atoms with Crippen molar-refractivity contribution in [2.75, 3.05) is 0 Å². The average Bonchev–Trinajstić information content (AvgIpc) is 2.69. The molecule has 1 N–H and O–H groups in total. The molecule has 2 atom stereocenters. The Morgan fingerprint density at radius 1 is 1.64 bits per heavy atom. The molecule has 1 heterocycles. The first-order valence-corrected chi connectivity index (χ1v) is 5.54. The maximum atomic E-state index is 4.30. The van der Waals surface area contributed by atoms with Crippen molar-refractivity contribution < 1.29 is 0 Å². The standard InChI is InChI=1S/C11H19N3/c1-3-4-14-8-10(7-13-14)6-12-11-5-9(11)2/h7-9,11-12H,3-6H2,1-2H3. The fourth-order valence-corrected chi connectivity index (χ4v) is 1.70. The first-order valence-electron chi connectivity index (χ1n) is 5.54. The molecule has 1 aromatic heterocycles. The Morgan fingerprint density at radius 3 is 3.07 bits per heavy atom. The monoisotopic (exact) mass is 193 g/mol. The van der Waals surface area contributed by atoms with Crippen LogP contribution >= 0.6 is 0 Å². The van der Waals surface area contributed by atoms with Gasteiger partial charge in [-0.05, 0) is 18.8 Å². The summed E-state index contributed by atoms with van der Waals surface area (Å²) in [6.07, 6.45) is 6.59. The summed E-state index contributed by atoms with van der Waals surface area (Å²) in [6, 6.07) is 0.754. The molecular formula is C11H19N3. The zero-order valence-corrected chi connectivity index (χ0v) is 9.03. The van der Waals surface area contributed by atoms with Crippen molar-refractivity contribution in [1.82, 2.24) is 15.1 Å². The van der Waals surface area contributed by atoms with Gasteiger partial charge < -0.3 is 5.32 Å². The smallest absolute Gasteiger partial charge is 0.0534 e. The van der Waals surface area contributed by atoms with Crippen molar-refractivity contribution >= 4 is 0 Å². The van der Waals surface area contributed by atoms with Crippen LogP contribution in [0.1, 0.15) is 32.3 Å². The van der Waals surface area contributed by atoms with E-state index in [2.05, 4.69) is 30.5 Å². The third-order valence-electron chi connectivity index (χ3n) is 2.82. The highest BCUT2D eigenvalue weighted by Crippen LogP contribution is 2.29. The first-order chi connectivity index (χ1) is 6.79. The van der Waals surface area contributed by atoms with Gasteiger partial charge in [0.15, 0.2) is 0 Å². The summed E-state index contributed by atoms with van der Waals surface area (Å²) < 4.78 is 2.02. The van der Waals surface area contributed by atoms with Gasteiger partial charge in [-0.25, -0.2) is 0 Å². The molecule has 0 aromatic carbocycles. The van der Waals surface area contributed by atoms with Crippen LogP contribution < -0.4 is 5.32 Å². The van der Waals surface area contributed by atoms with E-state index in [1.54, 1.807) is 0 Å². The van der Waals surface area contributed by atoms with Gasteiger partial charge >= 0.3 is 0 Å². The summed E-state index contributed by atoms with van der Waals surface area (Å²) in [5.74, 6) is 0.876. The molecule has 3 heteroatoms. The Labute approximate surface area is 85.5 Å². The number of hydrogen-bond acceptors (Lipinski definition) is 2. The predicted octanol–water partition coefficient (Wildman–Crippen LogP) is 1.79. The number of nitrogens with zero attached hydrogens (tertiary/aromatic N) is 2. The summed E-state index contributed by atoms with van der Waals surface area (Å²) in [6.45, 7) is 6.46.